The van der Waals surface area contributed by atoms with Gasteiger partial charge in [-0.3, -0.25) is 0 Å². The van der Waals surface area contributed by atoms with Crippen molar-refractivity contribution in [2.45, 2.75) is 25.4 Å². The SMILES string of the molecule is OC(Cc1ccc(Cl)cc1F)CC1CCOC1. The van der Waals surface area contributed by atoms with E-state index in [2.05, 4.69) is 0 Å². The zero-order valence-electron chi connectivity index (χ0n) is 9.53. The Morgan fingerprint density at radius 2 is 2.35 bits per heavy atom. The van der Waals surface area contributed by atoms with E-state index in [0.717, 1.165) is 13.0 Å². The summed E-state index contributed by atoms with van der Waals surface area (Å²) in [6.45, 7) is 1.48. The number of hydrogen-bond acceptors (Lipinski definition) is 2. The van der Waals surface area contributed by atoms with Gasteiger partial charge in [0.2, 0.25) is 0 Å². The first-order valence-corrected chi connectivity index (χ1v) is 6.22. The smallest absolute Gasteiger partial charge is 0.127 e. The number of ether oxygens (including phenoxy) is 1. The summed E-state index contributed by atoms with van der Waals surface area (Å²) in [5.41, 5.74) is 0.515. The minimum absolute atomic E-state index is 0.333. The van der Waals surface area contributed by atoms with Crippen LogP contribution >= 0.6 is 11.6 Å². The highest BCUT2D eigenvalue weighted by Crippen LogP contribution is 2.21. The number of benzene rings is 1. The Bertz CT molecular complexity index is 378. The lowest BCUT2D eigenvalue weighted by molar-refractivity contribution is 0.128. The van der Waals surface area contributed by atoms with E-state index in [4.69, 9.17) is 16.3 Å². The maximum Gasteiger partial charge on any atom is 0.127 e. The van der Waals surface area contributed by atoms with Crippen LogP contribution in [0.3, 0.4) is 0 Å². The largest absolute Gasteiger partial charge is 0.393 e. The van der Waals surface area contributed by atoms with Crippen LogP contribution in [0.15, 0.2) is 18.2 Å². The number of aliphatic hydroxyl groups excluding tert-OH is 1. The molecule has 1 N–H and O–H groups in total. The molecule has 1 heterocycles. The Kier molecular flexibility index (Phi) is 4.37. The quantitative estimate of drug-likeness (QED) is 0.900. The van der Waals surface area contributed by atoms with Gasteiger partial charge in [0.1, 0.15) is 5.82 Å². The maximum atomic E-state index is 13.5. The molecule has 1 aromatic carbocycles. The predicted octanol–water partition coefficient (Wildman–Crippen LogP) is 2.81. The van der Waals surface area contributed by atoms with Crippen molar-refractivity contribution >= 4 is 11.6 Å². The van der Waals surface area contributed by atoms with Gasteiger partial charge in [0.05, 0.1) is 6.10 Å². The van der Waals surface area contributed by atoms with Crippen LogP contribution in [0.1, 0.15) is 18.4 Å². The van der Waals surface area contributed by atoms with Gasteiger partial charge in [-0.15, -0.1) is 0 Å². The van der Waals surface area contributed by atoms with Crippen LogP contribution in [0.2, 0.25) is 5.02 Å². The average molecular weight is 259 g/mol. The van der Waals surface area contributed by atoms with Crippen molar-refractivity contribution in [3.63, 3.8) is 0 Å². The molecule has 0 aliphatic carbocycles. The third-order valence-corrected chi connectivity index (χ3v) is 3.34. The highest BCUT2D eigenvalue weighted by molar-refractivity contribution is 6.30. The van der Waals surface area contributed by atoms with E-state index >= 15 is 0 Å². The molecule has 2 rings (SSSR count). The Hall–Kier alpha value is -0.640. The number of aliphatic hydroxyl groups is 1. The molecule has 0 radical (unpaired) electrons. The second-order valence-corrected chi connectivity index (χ2v) is 5.00. The lowest BCUT2D eigenvalue weighted by Crippen LogP contribution is -2.17. The minimum Gasteiger partial charge on any atom is -0.393 e. The van der Waals surface area contributed by atoms with Crippen molar-refractivity contribution in [3.05, 3.63) is 34.6 Å². The zero-order valence-corrected chi connectivity index (χ0v) is 10.3. The number of hydrogen-bond donors (Lipinski definition) is 1. The predicted molar refractivity (Wildman–Crippen MR) is 64.7 cm³/mol. The van der Waals surface area contributed by atoms with Crippen molar-refractivity contribution in [3.8, 4) is 0 Å². The van der Waals surface area contributed by atoms with Gasteiger partial charge in [0.15, 0.2) is 0 Å². The van der Waals surface area contributed by atoms with Crippen LogP contribution in [0, 0.1) is 11.7 Å². The standard InChI is InChI=1S/C13H16ClFO2/c14-11-2-1-10(13(15)7-11)6-12(16)5-9-3-4-17-8-9/h1-2,7,9,12,16H,3-6,8H2. The lowest BCUT2D eigenvalue weighted by Gasteiger charge is -2.14. The molecular formula is C13H16ClFO2. The number of halogens is 2. The van der Waals surface area contributed by atoms with E-state index in [1.165, 1.54) is 6.07 Å². The second kappa shape index (κ2) is 5.80. The zero-order chi connectivity index (χ0) is 12.3. The molecule has 0 bridgehead atoms. The summed E-state index contributed by atoms with van der Waals surface area (Å²) in [5.74, 6) is 0.0552. The fourth-order valence-electron chi connectivity index (χ4n) is 2.18. The van der Waals surface area contributed by atoms with Crippen molar-refractivity contribution in [1.29, 1.82) is 0 Å². The van der Waals surface area contributed by atoms with Crippen LogP contribution in [-0.2, 0) is 11.2 Å². The summed E-state index contributed by atoms with van der Waals surface area (Å²) in [7, 11) is 0. The average Bonchev–Trinajstić information content (AvgIpc) is 2.75. The summed E-state index contributed by atoms with van der Waals surface area (Å²) in [5, 5.41) is 10.3. The Morgan fingerprint density at radius 3 is 3.00 bits per heavy atom. The first-order valence-electron chi connectivity index (χ1n) is 5.85. The van der Waals surface area contributed by atoms with Crippen LogP contribution in [0.5, 0.6) is 0 Å². The molecule has 1 aliphatic rings. The highest BCUT2D eigenvalue weighted by atomic mass is 35.5. The third kappa shape index (κ3) is 3.66. The molecule has 17 heavy (non-hydrogen) atoms. The highest BCUT2D eigenvalue weighted by Gasteiger charge is 2.20. The van der Waals surface area contributed by atoms with E-state index in [-0.39, 0.29) is 5.82 Å². The second-order valence-electron chi connectivity index (χ2n) is 4.56. The molecule has 1 aromatic rings. The molecule has 4 heteroatoms. The van der Waals surface area contributed by atoms with Gasteiger partial charge in [-0.05, 0) is 36.5 Å². The monoisotopic (exact) mass is 258 g/mol. The van der Waals surface area contributed by atoms with E-state index in [1.54, 1.807) is 12.1 Å². The molecule has 1 aliphatic heterocycles. The Labute approximate surface area is 105 Å². The van der Waals surface area contributed by atoms with Gasteiger partial charge in [0.25, 0.3) is 0 Å². The van der Waals surface area contributed by atoms with Gasteiger partial charge in [-0.25, -0.2) is 4.39 Å². The molecule has 0 amide bonds. The van der Waals surface area contributed by atoms with Crippen molar-refractivity contribution in [2.75, 3.05) is 13.2 Å². The van der Waals surface area contributed by atoms with Crippen LogP contribution in [0.25, 0.3) is 0 Å². The van der Waals surface area contributed by atoms with Crippen LogP contribution < -0.4 is 0 Å². The first kappa shape index (κ1) is 12.8. The summed E-state index contributed by atoms with van der Waals surface area (Å²) < 4.78 is 18.7. The normalized spacial score (nSPS) is 21.7. The van der Waals surface area contributed by atoms with E-state index < -0.39 is 6.10 Å². The van der Waals surface area contributed by atoms with Crippen LogP contribution in [0.4, 0.5) is 4.39 Å². The van der Waals surface area contributed by atoms with E-state index in [9.17, 15) is 9.50 Å². The molecular weight excluding hydrogens is 243 g/mol. The molecule has 94 valence electrons. The van der Waals surface area contributed by atoms with Crippen molar-refractivity contribution in [1.82, 2.24) is 0 Å². The molecule has 0 spiro atoms. The molecule has 1 fully saturated rings. The topological polar surface area (TPSA) is 29.5 Å². The third-order valence-electron chi connectivity index (χ3n) is 3.10. The molecule has 0 saturated carbocycles. The minimum atomic E-state index is -0.516. The van der Waals surface area contributed by atoms with Gasteiger partial charge >= 0.3 is 0 Å². The molecule has 2 unspecified atom stereocenters. The van der Waals surface area contributed by atoms with Gasteiger partial charge in [0, 0.05) is 24.7 Å². The number of rotatable bonds is 4. The van der Waals surface area contributed by atoms with Crippen molar-refractivity contribution in [2.24, 2.45) is 5.92 Å². The van der Waals surface area contributed by atoms with Gasteiger partial charge < -0.3 is 9.84 Å². The first-order chi connectivity index (χ1) is 8.15. The summed E-state index contributed by atoms with van der Waals surface area (Å²) in [6, 6.07) is 4.56. The summed E-state index contributed by atoms with van der Waals surface area (Å²) >= 11 is 5.67. The summed E-state index contributed by atoms with van der Waals surface area (Å²) in [6.07, 6.45) is 1.47. The van der Waals surface area contributed by atoms with Gasteiger partial charge in [-0.2, -0.15) is 0 Å². The van der Waals surface area contributed by atoms with E-state index in [0.29, 0.717) is 36.0 Å². The molecule has 1 saturated heterocycles. The summed E-state index contributed by atoms with van der Waals surface area (Å²) in [4.78, 5) is 0. The Morgan fingerprint density at radius 1 is 1.53 bits per heavy atom. The van der Waals surface area contributed by atoms with E-state index in [1.807, 2.05) is 0 Å². The lowest BCUT2D eigenvalue weighted by atomic mass is 9.96. The molecule has 0 aromatic heterocycles. The Balaban J connectivity index is 1.90. The van der Waals surface area contributed by atoms with Crippen molar-refractivity contribution < 1.29 is 14.2 Å². The maximum absolute atomic E-state index is 13.5. The van der Waals surface area contributed by atoms with Crippen LogP contribution in [-0.4, -0.2) is 24.4 Å². The van der Waals surface area contributed by atoms with Gasteiger partial charge in [-0.1, -0.05) is 17.7 Å². The fraction of sp³-hybridized carbons (Fsp3) is 0.538. The fourth-order valence-corrected chi connectivity index (χ4v) is 2.34. The molecule has 2 atom stereocenters. The molecule has 2 nitrogen and oxygen atoms in total.